The molecular formula is C13H13NO. The van der Waals surface area contributed by atoms with E-state index in [0.717, 1.165) is 23.4 Å². The van der Waals surface area contributed by atoms with E-state index in [4.69, 9.17) is 0 Å². The van der Waals surface area contributed by atoms with Crippen molar-refractivity contribution in [3.8, 4) is 0 Å². The Balaban J connectivity index is 2.22. The number of nitrogens with zero attached hydrogens (tertiary/aromatic N) is 1. The van der Waals surface area contributed by atoms with Gasteiger partial charge < -0.3 is 4.57 Å². The Kier molecular flexibility index (Phi) is 1.88. The first-order valence-corrected chi connectivity index (χ1v) is 5.43. The molecule has 0 bridgehead atoms. The zero-order valence-electron chi connectivity index (χ0n) is 8.52. The van der Waals surface area contributed by atoms with Gasteiger partial charge in [0.2, 0.25) is 0 Å². The molecule has 0 amide bonds. The van der Waals surface area contributed by atoms with Crippen molar-refractivity contribution in [2.75, 3.05) is 0 Å². The van der Waals surface area contributed by atoms with Crippen LogP contribution in [-0.4, -0.2) is 4.57 Å². The van der Waals surface area contributed by atoms with Crippen molar-refractivity contribution in [3.63, 3.8) is 0 Å². The normalized spacial score (nSPS) is 15.7. The molecular weight excluding hydrogens is 186 g/mol. The Morgan fingerprint density at radius 1 is 1.13 bits per heavy atom. The van der Waals surface area contributed by atoms with E-state index in [0.29, 0.717) is 0 Å². The molecule has 76 valence electrons. The van der Waals surface area contributed by atoms with Gasteiger partial charge in [0.1, 0.15) is 0 Å². The molecule has 1 heterocycles. The van der Waals surface area contributed by atoms with E-state index in [-0.39, 0.29) is 5.56 Å². The largest absolute Gasteiger partial charge is 0.308 e. The molecule has 0 radical (unpaired) electrons. The summed E-state index contributed by atoms with van der Waals surface area (Å²) in [6, 6.07) is 11.7. The zero-order valence-corrected chi connectivity index (χ0v) is 8.52. The van der Waals surface area contributed by atoms with Gasteiger partial charge in [-0.1, -0.05) is 18.2 Å². The van der Waals surface area contributed by atoms with Crippen LogP contribution in [0.1, 0.15) is 12.8 Å². The van der Waals surface area contributed by atoms with Crippen molar-refractivity contribution in [2.24, 2.45) is 5.92 Å². The van der Waals surface area contributed by atoms with Crippen LogP contribution in [0.4, 0.5) is 0 Å². The highest BCUT2D eigenvalue weighted by molar-refractivity contribution is 5.78. The van der Waals surface area contributed by atoms with Crippen LogP contribution in [0, 0.1) is 5.92 Å². The van der Waals surface area contributed by atoms with Gasteiger partial charge in [-0.25, -0.2) is 0 Å². The minimum absolute atomic E-state index is 0.126. The second-order valence-electron chi connectivity index (χ2n) is 4.28. The quantitative estimate of drug-likeness (QED) is 0.728. The summed E-state index contributed by atoms with van der Waals surface area (Å²) in [6.07, 6.45) is 2.55. The van der Waals surface area contributed by atoms with Gasteiger partial charge in [0.25, 0.3) is 5.56 Å². The van der Waals surface area contributed by atoms with Gasteiger partial charge in [0, 0.05) is 12.6 Å². The number of hydrogen-bond acceptors (Lipinski definition) is 1. The summed E-state index contributed by atoms with van der Waals surface area (Å²) >= 11 is 0. The number of hydrogen-bond donors (Lipinski definition) is 0. The van der Waals surface area contributed by atoms with E-state index in [2.05, 4.69) is 6.07 Å². The molecule has 2 aromatic rings. The first-order chi connectivity index (χ1) is 7.34. The molecule has 0 atom stereocenters. The van der Waals surface area contributed by atoms with E-state index >= 15 is 0 Å². The van der Waals surface area contributed by atoms with Crippen LogP contribution in [0.2, 0.25) is 0 Å². The molecule has 2 heteroatoms. The van der Waals surface area contributed by atoms with Crippen LogP contribution in [0.25, 0.3) is 10.9 Å². The Bertz CT molecular complexity index is 552. The number of rotatable bonds is 2. The van der Waals surface area contributed by atoms with Gasteiger partial charge >= 0.3 is 0 Å². The molecule has 1 aliphatic carbocycles. The molecule has 1 saturated carbocycles. The summed E-state index contributed by atoms with van der Waals surface area (Å²) in [6.45, 7) is 0.889. The molecule has 15 heavy (non-hydrogen) atoms. The molecule has 1 aliphatic rings. The maximum atomic E-state index is 11.8. The van der Waals surface area contributed by atoms with Gasteiger partial charge in [0.05, 0.1) is 5.52 Å². The lowest BCUT2D eigenvalue weighted by Gasteiger charge is -2.08. The van der Waals surface area contributed by atoms with Crippen LogP contribution in [0.15, 0.2) is 41.2 Å². The van der Waals surface area contributed by atoms with Gasteiger partial charge in [-0.3, -0.25) is 4.79 Å². The third-order valence-electron chi connectivity index (χ3n) is 3.04. The fourth-order valence-electron chi connectivity index (χ4n) is 1.99. The second-order valence-corrected chi connectivity index (χ2v) is 4.28. The third-order valence-corrected chi connectivity index (χ3v) is 3.04. The molecule has 0 unspecified atom stereocenters. The first-order valence-electron chi connectivity index (χ1n) is 5.43. The lowest BCUT2D eigenvalue weighted by atomic mass is 10.2. The van der Waals surface area contributed by atoms with Gasteiger partial charge in [-0.05, 0) is 36.3 Å². The highest BCUT2D eigenvalue weighted by atomic mass is 16.1. The zero-order chi connectivity index (χ0) is 10.3. The predicted molar refractivity (Wildman–Crippen MR) is 60.9 cm³/mol. The number of benzene rings is 1. The summed E-state index contributed by atoms with van der Waals surface area (Å²) in [5.74, 6) is 0.730. The fourth-order valence-corrected chi connectivity index (χ4v) is 1.99. The number of aromatic nitrogens is 1. The van der Waals surface area contributed by atoms with Gasteiger partial charge in [-0.15, -0.1) is 0 Å². The standard InChI is InChI=1S/C13H13NO/c15-13-8-7-11-3-1-2-4-12(11)14(13)9-10-5-6-10/h1-4,7-8,10H,5-6,9H2. The summed E-state index contributed by atoms with van der Waals surface area (Å²) < 4.78 is 1.91. The van der Waals surface area contributed by atoms with Gasteiger partial charge in [-0.2, -0.15) is 0 Å². The van der Waals surface area contributed by atoms with Crippen LogP contribution < -0.4 is 5.56 Å². The van der Waals surface area contributed by atoms with Crippen molar-refractivity contribution in [2.45, 2.75) is 19.4 Å². The van der Waals surface area contributed by atoms with Crippen molar-refractivity contribution >= 4 is 10.9 Å². The van der Waals surface area contributed by atoms with Crippen molar-refractivity contribution in [3.05, 3.63) is 46.8 Å². The predicted octanol–water partition coefficient (Wildman–Crippen LogP) is 2.41. The number of fused-ring (bicyclic) bond motifs is 1. The molecule has 2 nitrogen and oxygen atoms in total. The third kappa shape index (κ3) is 1.56. The highest BCUT2D eigenvalue weighted by Crippen LogP contribution is 2.30. The molecule has 0 spiro atoms. The second kappa shape index (κ2) is 3.23. The van der Waals surface area contributed by atoms with Crippen molar-refractivity contribution in [1.82, 2.24) is 4.57 Å². The Hall–Kier alpha value is -1.57. The monoisotopic (exact) mass is 199 g/mol. The summed E-state index contributed by atoms with van der Waals surface area (Å²) in [5, 5.41) is 1.15. The maximum absolute atomic E-state index is 11.8. The van der Waals surface area contributed by atoms with E-state index < -0.39 is 0 Å². The van der Waals surface area contributed by atoms with E-state index in [1.165, 1.54) is 12.8 Å². The van der Waals surface area contributed by atoms with E-state index in [1.54, 1.807) is 6.07 Å². The molecule has 3 rings (SSSR count). The molecule has 0 N–H and O–H groups in total. The highest BCUT2D eigenvalue weighted by Gasteiger charge is 2.22. The molecule has 1 aromatic heterocycles. The summed E-state index contributed by atoms with van der Waals surface area (Å²) in [5.41, 5.74) is 1.19. The van der Waals surface area contributed by atoms with Crippen molar-refractivity contribution < 1.29 is 0 Å². The smallest absolute Gasteiger partial charge is 0.251 e. The lowest BCUT2D eigenvalue weighted by molar-refractivity contribution is 0.627. The lowest BCUT2D eigenvalue weighted by Crippen LogP contribution is -2.20. The number of pyridine rings is 1. The van der Waals surface area contributed by atoms with E-state index in [1.807, 2.05) is 28.8 Å². The minimum atomic E-state index is 0.126. The molecule has 0 saturated heterocycles. The first kappa shape index (κ1) is 8.72. The van der Waals surface area contributed by atoms with Crippen LogP contribution in [-0.2, 0) is 6.54 Å². The Morgan fingerprint density at radius 2 is 1.93 bits per heavy atom. The van der Waals surface area contributed by atoms with Gasteiger partial charge in [0.15, 0.2) is 0 Å². The summed E-state index contributed by atoms with van der Waals surface area (Å²) in [7, 11) is 0. The average Bonchev–Trinajstić information content (AvgIpc) is 3.06. The van der Waals surface area contributed by atoms with Crippen LogP contribution >= 0.6 is 0 Å². The minimum Gasteiger partial charge on any atom is -0.308 e. The maximum Gasteiger partial charge on any atom is 0.251 e. The fraction of sp³-hybridized carbons (Fsp3) is 0.308. The molecule has 1 fully saturated rings. The molecule has 1 aromatic carbocycles. The number of para-hydroxylation sites is 1. The Morgan fingerprint density at radius 3 is 2.73 bits per heavy atom. The van der Waals surface area contributed by atoms with Crippen LogP contribution in [0.5, 0.6) is 0 Å². The summed E-state index contributed by atoms with van der Waals surface area (Å²) in [4.78, 5) is 11.8. The average molecular weight is 199 g/mol. The van der Waals surface area contributed by atoms with Crippen molar-refractivity contribution in [1.29, 1.82) is 0 Å². The molecule has 0 aliphatic heterocycles. The van der Waals surface area contributed by atoms with E-state index in [9.17, 15) is 4.79 Å². The Labute approximate surface area is 88.2 Å². The topological polar surface area (TPSA) is 22.0 Å². The SMILES string of the molecule is O=c1ccc2ccccc2n1CC1CC1. The van der Waals surface area contributed by atoms with Crippen LogP contribution in [0.3, 0.4) is 0 Å².